The van der Waals surface area contributed by atoms with Crippen LogP contribution in [0.2, 0.25) is 0 Å². The highest BCUT2D eigenvalue weighted by Gasteiger charge is 2.03. The second kappa shape index (κ2) is 5.23. The molecule has 1 atom stereocenters. The number of ether oxygens (including phenoxy) is 2. The molecule has 0 bridgehead atoms. The van der Waals surface area contributed by atoms with Crippen molar-refractivity contribution in [1.29, 1.82) is 0 Å². The topological polar surface area (TPSA) is 35.5 Å². The molecule has 0 aliphatic carbocycles. The lowest BCUT2D eigenvalue weighted by molar-refractivity contribution is -0.146. The van der Waals surface area contributed by atoms with Crippen molar-refractivity contribution >= 4 is 5.97 Å². The van der Waals surface area contributed by atoms with E-state index in [1.165, 1.54) is 6.92 Å². The highest BCUT2D eigenvalue weighted by molar-refractivity contribution is 5.66. The molecule has 0 saturated carbocycles. The van der Waals surface area contributed by atoms with Crippen LogP contribution < -0.4 is 0 Å². The molecule has 1 radical (unpaired) electrons. The molecule has 0 aromatic heterocycles. The fourth-order valence-corrected chi connectivity index (χ4v) is 0.518. The minimum absolute atomic E-state index is 0.320. The first-order valence-corrected chi connectivity index (χ1v) is 3.24. The van der Waals surface area contributed by atoms with Gasteiger partial charge >= 0.3 is 5.97 Å². The van der Waals surface area contributed by atoms with Crippen molar-refractivity contribution < 1.29 is 14.3 Å². The van der Waals surface area contributed by atoms with Crippen LogP contribution >= 0.6 is 0 Å². The molecule has 0 amide bonds. The van der Waals surface area contributed by atoms with Crippen LogP contribution in [0.1, 0.15) is 13.8 Å². The van der Waals surface area contributed by atoms with Gasteiger partial charge in [-0.3, -0.25) is 4.79 Å². The van der Waals surface area contributed by atoms with E-state index < -0.39 is 0 Å². The van der Waals surface area contributed by atoms with Crippen LogP contribution in [0, 0.1) is 6.92 Å². The van der Waals surface area contributed by atoms with Crippen LogP contribution in [0.25, 0.3) is 0 Å². The Morgan fingerprint density at radius 2 is 2.30 bits per heavy atom. The van der Waals surface area contributed by atoms with Crippen LogP contribution in [0.4, 0.5) is 0 Å². The first kappa shape index (κ1) is 9.43. The number of rotatable bonds is 4. The minimum atomic E-state index is -0.377. The first-order chi connectivity index (χ1) is 4.66. The summed E-state index contributed by atoms with van der Waals surface area (Å²) in [4.78, 5) is 10.3. The molecule has 0 spiro atoms. The van der Waals surface area contributed by atoms with Gasteiger partial charge in [-0.1, -0.05) is 0 Å². The molecule has 0 N–H and O–H groups in total. The molecule has 3 heteroatoms. The molecule has 0 aromatic rings. The predicted octanol–water partition coefficient (Wildman–Crippen LogP) is 0.789. The Balaban J connectivity index is 3.25. The molecule has 0 aliphatic rings. The number of hydrogen-bond donors (Lipinski definition) is 0. The summed E-state index contributed by atoms with van der Waals surface area (Å²) in [5.74, 6) is -0.320. The van der Waals surface area contributed by atoms with Gasteiger partial charge in [0.1, 0.15) is 6.10 Å². The van der Waals surface area contributed by atoms with E-state index in [2.05, 4.69) is 11.7 Å². The zero-order valence-corrected chi connectivity index (χ0v) is 6.42. The Hall–Kier alpha value is -0.570. The van der Waals surface area contributed by atoms with Crippen LogP contribution in [-0.2, 0) is 14.3 Å². The predicted molar refractivity (Wildman–Crippen MR) is 37.4 cm³/mol. The van der Waals surface area contributed by atoms with Crippen LogP contribution in [0.3, 0.4) is 0 Å². The van der Waals surface area contributed by atoms with Crippen molar-refractivity contribution in [1.82, 2.24) is 0 Å². The molecule has 0 aromatic carbocycles. The summed E-state index contributed by atoms with van der Waals surface area (Å²) in [6.45, 7) is 7.76. The lowest BCUT2D eigenvalue weighted by Crippen LogP contribution is -2.18. The fourth-order valence-electron chi connectivity index (χ4n) is 0.518. The Bertz CT molecular complexity index is 101. The monoisotopic (exact) mass is 145 g/mol. The normalized spacial score (nSPS) is 12.7. The van der Waals surface area contributed by atoms with E-state index >= 15 is 0 Å². The fraction of sp³-hybridized carbons (Fsp3) is 0.714. The lowest BCUT2D eigenvalue weighted by atomic mass is 10.4. The van der Waals surface area contributed by atoms with Gasteiger partial charge in [-0.05, 0) is 13.8 Å². The summed E-state index contributed by atoms with van der Waals surface area (Å²) in [6.07, 6.45) is -0.377. The quantitative estimate of drug-likeness (QED) is 0.548. The van der Waals surface area contributed by atoms with Gasteiger partial charge in [-0.2, -0.15) is 0 Å². The summed E-state index contributed by atoms with van der Waals surface area (Å²) < 4.78 is 9.63. The van der Waals surface area contributed by atoms with E-state index in [1.807, 2.05) is 6.92 Å². The Kier molecular flexibility index (Phi) is 4.94. The van der Waals surface area contributed by atoms with Crippen molar-refractivity contribution in [3.63, 3.8) is 0 Å². The Morgan fingerprint density at radius 1 is 1.70 bits per heavy atom. The SMILES string of the molecule is [CH2]C(COCC)OC(C)=O. The van der Waals surface area contributed by atoms with Gasteiger partial charge in [-0.15, -0.1) is 0 Å². The van der Waals surface area contributed by atoms with E-state index in [0.717, 1.165) is 0 Å². The third-order valence-electron chi connectivity index (χ3n) is 0.840. The second-order valence-corrected chi connectivity index (χ2v) is 1.89. The maximum atomic E-state index is 10.3. The van der Waals surface area contributed by atoms with Gasteiger partial charge in [-0.25, -0.2) is 0 Å². The average Bonchev–Trinajstić information content (AvgIpc) is 1.82. The summed E-state index contributed by atoms with van der Waals surface area (Å²) in [5.41, 5.74) is 0. The van der Waals surface area contributed by atoms with Crippen LogP contribution in [0.5, 0.6) is 0 Å². The van der Waals surface area contributed by atoms with Gasteiger partial charge in [0.15, 0.2) is 0 Å². The van der Waals surface area contributed by atoms with E-state index in [1.54, 1.807) is 0 Å². The molecule has 0 aliphatic heterocycles. The van der Waals surface area contributed by atoms with E-state index in [9.17, 15) is 4.79 Å². The van der Waals surface area contributed by atoms with Gasteiger partial charge in [0, 0.05) is 13.5 Å². The lowest BCUT2D eigenvalue weighted by Gasteiger charge is -2.10. The molecular weight excluding hydrogens is 132 g/mol. The first-order valence-electron chi connectivity index (χ1n) is 3.24. The average molecular weight is 145 g/mol. The van der Waals surface area contributed by atoms with Gasteiger partial charge in [0.05, 0.1) is 6.61 Å². The van der Waals surface area contributed by atoms with E-state index in [-0.39, 0.29) is 12.1 Å². The number of hydrogen-bond acceptors (Lipinski definition) is 3. The minimum Gasteiger partial charge on any atom is -0.460 e. The highest BCUT2D eigenvalue weighted by atomic mass is 16.6. The standard InChI is InChI=1S/C7H13O3/c1-4-9-5-6(2)10-7(3)8/h6H,2,4-5H2,1,3H3. The van der Waals surface area contributed by atoms with Crippen LogP contribution in [-0.4, -0.2) is 25.3 Å². The number of esters is 1. The summed E-state index contributed by atoms with van der Waals surface area (Å²) in [7, 11) is 0. The molecule has 1 unspecified atom stereocenters. The molecule has 0 saturated heterocycles. The van der Waals surface area contributed by atoms with Gasteiger partial charge < -0.3 is 9.47 Å². The third kappa shape index (κ3) is 5.56. The zero-order valence-electron chi connectivity index (χ0n) is 6.42. The highest BCUT2D eigenvalue weighted by Crippen LogP contribution is 1.90. The van der Waals surface area contributed by atoms with E-state index in [0.29, 0.717) is 13.2 Å². The molecule has 0 rings (SSSR count). The van der Waals surface area contributed by atoms with Gasteiger partial charge in [0.2, 0.25) is 0 Å². The van der Waals surface area contributed by atoms with Crippen molar-refractivity contribution in [2.75, 3.05) is 13.2 Å². The summed E-state index contributed by atoms with van der Waals surface area (Å²) in [5, 5.41) is 0. The molecule has 10 heavy (non-hydrogen) atoms. The molecule has 3 nitrogen and oxygen atoms in total. The number of carbonyl (C=O) groups excluding carboxylic acids is 1. The largest absolute Gasteiger partial charge is 0.460 e. The maximum Gasteiger partial charge on any atom is 0.302 e. The van der Waals surface area contributed by atoms with Crippen molar-refractivity contribution in [3.8, 4) is 0 Å². The van der Waals surface area contributed by atoms with Crippen molar-refractivity contribution in [3.05, 3.63) is 6.92 Å². The van der Waals surface area contributed by atoms with Gasteiger partial charge in [0.25, 0.3) is 0 Å². The van der Waals surface area contributed by atoms with Crippen molar-refractivity contribution in [2.45, 2.75) is 20.0 Å². The Labute approximate surface area is 61.3 Å². The molecule has 0 heterocycles. The summed E-state index contributed by atoms with van der Waals surface area (Å²) in [6, 6.07) is 0. The third-order valence-corrected chi connectivity index (χ3v) is 0.840. The molecule has 0 fully saturated rings. The Morgan fingerprint density at radius 3 is 2.70 bits per heavy atom. The van der Waals surface area contributed by atoms with Crippen molar-refractivity contribution in [2.24, 2.45) is 0 Å². The smallest absolute Gasteiger partial charge is 0.302 e. The van der Waals surface area contributed by atoms with Crippen LogP contribution in [0.15, 0.2) is 0 Å². The van der Waals surface area contributed by atoms with E-state index in [4.69, 9.17) is 4.74 Å². The maximum absolute atomic E-state index is 10.3. The molecular formula is C7H13O3. The summed E-state index contributed by atoms with van der Waals surface area (Å²) >= 11 is 0. The molecule has 59 valence electrons. The second-order valence-electron chi connectivity index (χ2n) is 1.89. The zero-order chi connectivity index (χ0) is 7.98. The number of carbonyl (C=O) groups is 1.